The van der Waals surface area contributed by atoms with E-state index in [0.29, 0.717) is 18.4 Å². The van der Waals surface area contributed by atoms with Crippen LogP contribution in [0.3, 0.4) is 0 Å². The first-order valence-electron chi connectivity index (χ1n) is 8.78. The van der Waals surface area contributed by atoms with Gasteiger partial charge in [-0.2, -0.15) is 0 Å². The highest BCUT2D eigenvalue weighted by molar-refractivity contribution is 5.92. The summed E-state index contributed by atoms with van der Waals surface area (Å²) in [6.45, 7) is 6.00. The molecule has 2 aliphatic rings. The molecule has 23 heavy (non-hydrogen) atoms. The average molecular weight is 316 g/mol. The Kier molecular flexibility index (Phi) is 4.74. The Hall–Kier alpha value is -1.39. The Morgan fingerprint density at radius 1 is 1.35 bits per heavy atom. The maximum atomic E-state index is 12.4. The third kappa shape index (κ3) is 3.75. The molecule has 1 saturated heterocycles. The van der Waals surface area contributed by atoms with Crippen LogP contribution in [0.5, 0.6) is 0 Å². The van der Waals surface area contributed by atoms with E-state index < -0.39 is 0 Å². The number of rotatable bonds is 5. The van der Waals surface area contributed by atoms with Crippen LogP contribution >= 0.6 is 0 Å². The lowest BCUT2D eigenvalue weighted by Gasteiger charge is -2.39. The molecule has 2 fully saturated rings. The summed E-state index contributed by atoms with van der Waals surface area (Å²) in [5.41, 5.74) is 2.35. The lowest BCUT2D eigenvalue weighted by atomic mass is 9.89. The number of anilines is 1. The van der Waals surface area contributed by atoms with Gasteiger partial charge in [0.25, 0.3) is 0 Å². The zero-order chi connectivity index (χ0) is 16.4. The number of carbonyl (C=O) groups excluding carboxylic acids is 1. The summed E-state index contributed by atoms with van der Waals surface area (Å²) >= 11 is 0. The number of aliphatic hydroxyl groups is 1. The predicted molar refractivity (Wildman–Crippen MR) is 92.5 cm³/mol. The summed E-state index contributed by atoms with van der Waals surface area (Å²) in [5, 5.41) is 12.4. The fraction of sp³-hybridized carbons (Fsp3) is 0.632. The van der Waals surface area contributed by atoms with Crippen LogP contribution in [0.4, 0.5) is 5.69 Å². The molecule has 0 aromatic heterocycles. The largest absolute Gasteiger partial charge is 0.396 e. The molecule has 1 aromatic rings. The molecule has 126 valence electrons. The fourth-order valence-corrected chi connectivity index (χ4v) is 3.74. The molecule has 1 unspecified atom stereocenters. The van der Waals surface area contributed by atoms with Crippen molar-refractivity contribution in [2.24, 2.45) is 5.92 Å². The van der Waals surface area contributed by atoms with Gasteiger partial charge in [-0.25, -0.2) is 0 Å². The van der Waals surface area contributed by atoms with Gasteiger partial charge in [0.1, 0.15) is 0 Å². The van der Waals surface area contributed by atoms with Gasteiger partial charge in [-0.3, -0.25) is 9.69 Å². The van der Waals surface area contributed by atoms with E-state index in [9.17, 15) is 9.90 Å². The van der Waals surface area contributed by atoms with E-state index in [4.69, 9.17) is 0 Å². The molecule has 0 radical (unpaired) electrons. The number of aliphatic hydroxyl groups excluding tert-OH is 1. The molecule has 3 rings (SSSR count). The van der Waals surface area contributed by atoms with Crippen LogP contribution < -0.4 is 5.32 Å². The SMILES string of the molecule is CC(C)c1ccc(NC(=O)CN2CCC(CO)CC23CC3)cc1. The van der Waals surface area contributed by atoms with Crippen molar-refractivity contribution in [2.75, 3.05) is 25.0 Å². The number of likely N-dealkylation sites (tertiary alicyclic amines) is 1. The normalized spacial score (nSPS) is 23.2. The highest BCUT2D eigenvalue weighted by Crippen LogP contribution is 2.49. The smallest absolute Gasteiger partial charge is 0.238 e. The summed E-state index contributed by atoms with van der Waals surface area (Å²) in [6.07, 6.45) is 4.37. The quantitative estimate of drug-likeness (QED) is 0.878. The minimum Gasteiger partial charge on any atom is -0.396 e. The van der Waals surface area contributed by atoms with E-state index in [-0.39, 0.29) is 18.1 Å². The second-order valence-electron chi connectivity index (χ2n) is 7.51. The Morgan fingerprint density at radius 3 is 2.61 bits per heavy atom. The zero-order valence-corrected chi connectivity index (χ0v) is 14.2. The van der Waals surface area contributed by atoms with Gasteiger partial charge in [0.15, 0.2) is 0 Å². The number of nitrogens with zero attached hydrogens (tertiary/aromatic N) is 1. The molecule has 4 heteroatoms. The molecule has 4 nitrogen and oxygen atoms in total. The van der Waals surface area contributed by atoms with Gasteiger partial charge < -0.3 is 10.4 Å². The first kappa shape index (κ1) is 16.5. The standard InChI is InChI=1S/C19H28N2O2/c1-14(2)16-3-5-17(6-4-16)20-18(23)12-21-10-7-15(13-22)11-19(21)8-9-19/h3-6,14-15,22H,7-13H2,1-2H3,(H,20,23). The Bertz CT molecular complexity index is 549. The van der Waals surface area contributed by atoms with Gasteiger partial charge in [-0.15, -0.1) is 0 Å². The van der Waals surface area contributed by atoms with Gasteiger partial charge in [0.2, 0.25) is 5.91 Å². The van der Waals surface area contributed by atoms with Gasteiger partial charge >= 0.3 is 0 Å². The summed E-state index contributed by atoms with van der Waals surface area (Å²) in [4.78, 5) is 14.7. The molecule has 1 amide bonds. The van der Waals surface area contributed by atoms with Crippen molar-refractivity contribution in [3.63, 3.8) is 0 Å². The summed E-state index contributed by atoms with van der Waals surface area (Å²) in [6, 6.07) is 8.13. The van der Waals surface area contributed by atoms with Crippen LogP contribution in [0.1, 0.15) is 51.0 Å². The van der Waals surface area contributed by atoms with Crippen LogP contribution in [0, 0.1) is 5.92 Å². The number of carbonyl (C=O) groups is 1. The molecule has 1 aliphatic carbocycles. The van der Waals surface area contributed by atoms with Crippen LogP contribution in [0.15, 0.2) is 24.3 Å². The summed E-state index contributed by atoms with van der Waals surface area (Å²) < 4.78 is 0. The molecular formula is C19H28N2O2. The predicted octanol–water partition coefficient (Wildman–Crippen LogP) is 2.99. The minimum absolute atomic E-state index is 0.0658. The molecule has 1 aliphatic heterocycles. The highest BCUT2D eigenvalue weighted by atomic mass is 16.3. The zero-order valence-electron chi connectivity index (χ0n) is 14.2. The molecule has 1 saturated carbocycles. The average Bonchev–Trinajstić information content (AvgIpc) is 3.30. The lowest BCUT2D eigenvalue weighted by Crippen LogP contribution is -2.48. The van der Waals surface area contributed by atoms with E-state index in [2.05, 4.69) is 36.2 Å². The van der Waals surface area contributed by atoms with Crippen molar-refractivity contribution in [2.45, 2.75) is 51.0 Å². The van der Waals surface area contributed by atoms with Crippen molar-refractivity contribution in [3.8, 4) is 0 Å². The van der Waals surface area contributed by atoms with Crippen molar-refractivity contribution < 1.29 is 9.90 Å². The van der Waals surface area contributed by atoms with E-state index in [1.54, 1.807) is 0 Å². The third-order valence-corrected chi connectivity index (χ3v) is 5.43. The van der Waals surface area contributed by atoms with Gasteiger partial charge in [-0.1, -0.05) is 26.0 Å². The van der Waals surface area contributed by atoms with Gasteiger partial charge in [0.05, 0.1) is 6.54 Å². The lowest BCUT2D eigenvalue weighted by molar-refractivity contribution is -0.118. The highest BCUT2D eigenvalue weighted by Gasteiger charge is 2.51. The molecule has 1 spiro atoms. The molecule has 2 N–H and O–H groups in total. The molecule has 1 atom stereocenters. The van der Waals surface area contributed by atoms with Crippen LogP contribution in [0.25, 0.3) is 0 Å². The van der Waals surface area contributed by atoms with E-state index in [0.717, 1.165) is 25.1 Å². The van der Waals surface area contributed by atoms with E-state index >= 15 is 0 Å². The van der Waals surface area contributed by atoms with Crippen LogP contribution in [-0.4, -0.2) is 41.1 Å². The molecule has 0 bridgehead atoms. The maximum absolute atomic E-state index is 12.4. The van der Waals surface area contributed by atoms with Gasteiger partial charge in [-0.05, 0) is 61.8 Å². The Labute approximate surface area is 138 Å². The van der Waals surface area contributed by atoms with Crippen molar-refractivity contribution >= 4 is 11.6 Å². The number of amides is 1. The minimum atomic E-state index is 0.0658. The summed E-state index contributed by atoms with van der Waals surface area (Å²) in [7, 11) is 0. The molecular weight excluding hydrogens is 288 g/mol. The topological polar surface area (TPSA) is 52.6 Å². The van der Waals surface area contributed by atoms with Gasteiger partial charge in [0, 0.05) is 17.8 Å². The van der Waals surface area contributed by atoms with Crippen molar-refractivity contribution in [1.29, 1.82) is 0 Å². The Balaban J connectivity index is 1.55. The molecule has 1 aromatic carbocycles. The van der Waals surface area contributed by atoms with E-state index in [1.165, 1.54) is 18.4 Å². The first-order valence-corrected chi connectivity index (χ1v) is 8.78. The van der Waals surface area contributed by atoms with Crippen molar-refractivity contribution in [3.05, 3.63) is 29.8 Å². The maximum Gasteiger partial charge on any atom is 0.238 e. The second kappa shape index (κ2) is 6.62. The number of piperidine rings is 1. The Morgan fingerprint density at radius 2 is 2.04 bits per heavy atom. The fourth-order valence-electron chi connectivity index (χ4n) is 3.74. The summed E-state index contributed by atoms with van der Waals surface area (Å²) in [5.74, 6) is 0.985. The number of nitrogens with one attached hydrogen (secondary N) is 1. The van der Waals surface area contributed by atoms with E-state index in [1.807, 2.05) is 12.1 Å². The van der Waals surface area contributed by atoms with Crippen LogP contribution in [-0.2, 0) is 4.79 Å². The molecule has 1 heterocycles. The first-order chi connectivity index (χ1) is 11.0. The number of hydrogen-bond donors (Lipinski definition) is 2. The third-order valence-electron chi connectivity index (χ3n) is 5.43. The second-order valence-corrected chi connectivity index (χ2v) is 7.51. The number of benzene rings is 1. The monoisotopic (exact) mass is 316 g/mol. The van der Waals surface area contributed by atoms with Crippen LogP contribution in [0.2, 0.25) is 0 Å². The number of hydrogen-bond acceptors (Lipinski definition) is 3. The van der Waals surface area contributed by atoms with Crippen molar-refractivity contribution in [1.82, 2.24) is 4.90 Å².